The molecule has 0 saturated carbocycles. The van der Waals surface area contributed by atoms with Crippen molar-refractivity contribution in [2.45, 2.75) is 33.4 Å². The third-order valence-corrected chi connectivity index (χ3v) is 3.69. The molecule has 2 rings (SSSR count). The molecule has 0 bridgehead atoms. The Morgan fingerprint density at radius 3 is 2.74 bits per heavy atom. The molecule has 2 N–H and O–H groups in total. The van der Waals surface area contributed by atoms with Gasteiger partial charge >= 0.3 is 0 Å². The number of hydrogen-bond donors (Lipinski definition) is 2. The summed E-state index contributed by atoms with van der Waals surface area (Å²) in [4.78, 5) is 4.55. The molecular weight excluding hydrogens is 236 g/mol. The van der Waals surface area contributed by atoms with Crippen LogP contribution in [0.2, 0.25) is 0 Å². The van der Waals surface area contributed by atoms with Crippen LogP contribution in [0.1, 0.15) is 25.1 Å². The minimum Gasteiger partial charge on any atom is -0.396 e. The molecule has 102 valence electrons. The van der Waals surface area contributed by atoms with Crippen molar-refractivity contribution in [3.8, 4) is 0 Å². The minimum absolute atomic E-state index is 0.213. The highest BCUT2D eigenvalue weighted by atomic mass is 16.3. The lowest BCUT2D eigenvalue weighted by atomic mass is 10.0. The predicted octanol–water partition coefficient (Wildman–Crippen LogP) is 2.65. The van der Waals surface area contributed by atoms with Gasteiger partial charge in [0.05, 0.1) is 5.52 Å². The molecule has 2 unspecified atom stereocenters. The maximum atomic E-state index is 9.17. The lowest BCUT2D eigenvalue weighted by Crippen LogP contribution is -2.33. The number of para-hydroxylation sites is 1. The number of aryl methyl sites for hydroxylation is 1. The predicted molar refractivity (Wildman–Crippen MR) is 79.0 cm³/mol. The lowest BCUT2D eigenvalue weighted by Gasteiger charge is -2.20. The first-order chi connectivity index (χ1) is 9.11. The quantitative estimate of drug-likeness (QED) is 0.866. The van der Waals surface area contributed by atoms with Crippen LogP contribution in [0.25, 0.3) is 10.9 Å². The Balaban J connectivity index is 2.20. The van der Waals surface area contributed by atoms with Gasteiger partial charge in [-0.1, -0.05) is 25.1 Å². The number of aliphatic hydroxyl groups excluding tert-OH is 1. The van der Waals surface area contributed by atoms with Gasteiger partial charge in [-0.3, -0.25) is 4.98 Å². The summed E-state index contributed by atoms with van der Waals surface area (Å²) >= 11 is 0. The summed E-state index contributed by atoms with van der Waals surface area (Å²) in [7, 11) is 0. The van der Waals surface area contributed by atoms with Crippen molar-refractivity contribution in [3.05, 3.63) is 41.6 Å². The van der Waals surface area contributed by atoms with Gasteiger partial charge in [-0.15, -0.1) is 0 Å². The summed E-state index contributed by atoms with van der Waals surface area (Å²) in [6.45, 7) is 7.19. The smallest absolute Gasteiger partial charge is 0.0708 e. The normalized spacial score (nSPS) is 14.5. The van der Waals surface area contributed by atoms with Crippen LogP contribution in [0.15, 0.2) is 30.3 Å². The molecule has 0 aliphatic carbocycles. The highest BCUT2D eigenvalue weighted by Crippen LogP contribution is 2.18. The van der Waals surface area contributed by atoms with Gasteiger partial charge in [0.15, 0.2) is 0 Å². The van der Waals surface area contributed by atoms with Crippen LogP contribution < -0.4 is 5.32 Å². The Morgan fingerprint density at radius 2 is 2.00 bits per heavy atom. The van der Waals surface area contributed by atoms with E-state index in [1.807, 2.05) is 32.0 Å². The van der Waals surface area contributed by atoms with Crippen LogP contribution in [-0.4, -0.2) is 22.7 Å². The third kappa shape index (κ3) is 3.31. The molecule has 2 atom stereocenters. The number of fused-ring (bicyclic) bond motifs is 1. The van der Waals surface area contributed by atoms with Crippen molar-refractivity contribution in [1.29, 1.82) is 0 Å². The van der Waals surface area contributed by atoms with Crippen molar-refractivity contribution in [2.24, 2.45) is 5.92 Å². The van der Waals surface area contributed by atoms with Crippen LogP contribution in [0, 0.1) is 12.8 Å². The number of benzene rings is 1. The first-order valence-corrected chi connectivity index (χ1v) is 6.81. The molecule has 1 aromatic carbocycles. The summed E-state index contributed by atoms with van der Waals surface area (Å²) in [6, 6.07) is 10.6. The summed E-state index contributed by atoms with van der Waals surface area (Å²) in [6.07, 6.45) is 0. The van der Waals surface area contributed by atoms with Crippen molar-refractivity contribution < 1.29 is 5.11 Å². The topological polar surface area (TPSA) is 45.1 Å². The van der Waals surface area contributed by atoms with E-state index in [-0.39, 0.29) is 18.6 Å². The number of aliphatic hydroxyl groups is 1. The van der Waals surface area contributed by atoms with E-state index in [1.165, 1.54) is 10.9 Å². The molecule has 0 radical (unpaired) electrons. The van der Waals surface area contributed by atoms with Crippen LogP contribution in [-0.2, 0) is 6.54 Å². The highest BCUT2D eigenvalue weighted by molar-refractivity contribution is 5.82. The third-order valence-electron chi connectivity index (χ3n) is 3.69. The Hall–Kier alpha value is -1.45. The van der Waals surface area contributed by atoms with Crippen LogP contribution in [0.3, 0.4) is 0 Å². The Bertz CT molecular complexity index is 553. The standard InChI is InChI=1S/C16H22N2O/c1-11(10-19)13(3)17-9-14-8-12(2)18-16-7-5-4-6-15(14)16/h4-8,11,13,17,19H,9-10H2,1-3H3. The van der Waals surface area contributed by atoms with Gasteiger partial charge in [0.2, 0.25) is 0 Å². The Kier molecular flexibility index (Phi) is 4.51. The average molecular weight is 258 g/mol. The number of rotatable bonds is 5. The van der Waals surface area contributed by atoms with Gasteiger partial charge in [-0.2, -0.15) is 0 Å². The van der Waals surface area contributed by atoms with Crippen LogP contribution in [0.5, 0.6) is 0 Å². The maximum absolute atomic E-state index is 9.17. The molecule has 3 heteroatoms. The van der Waals surface area contributed by atoms with Crippen molar-refractivity contribution in [1.82, 2.24) is 10.3 Å². The fraction of sp³-hybridized carbons (Fsp3) is 0.438. The van der Waals surface area contributed by atoms with Gasteiger partial charge in [-0.25, -0.2) is 0 Å². The van der Waals surface area contributed by atoms with E-state index in [1.54, 1.807) is 0 Å². The molecule has 3 nitrogen and oxygen atoms in total. The molecule has 0 amide bonds. The number of hydrogen-bond acceptors (Lipinski definition) is 3. The summed E-state index contributed by atoms with van der Waals surface area (Å²) in [5, 5.41) is 13.8. The second-order valence-corrected chi connectivity index (χ2v) is 5.27. The first kappa shape index (κ1) is 14.0. The van der Waals surface area contributed by atoms with Gasteiger partial charge < -0.3 is 10.4 Å². The largest absolute Gasteiger partial charge is 0.396 e. The molecule has 0 fully saturated rings. The minimum atomic E-state index is 0.213. The number of nitrogens with zero attached hydrogens (tertiary/aromatic N) is 1. The number of nitrogens with one attached hydrogen (secondary N) is 1. The van der Waals surface area contributed by atoms with E-state index in [0.717, 1.165) is 17.8 Å². The SMILES string of the molecule is Cc1cc(CNC(C)C(C)CO)c2ccccc2n1. The molecule has 19 heavy (non-hydrogen) atoms. The molecule has 1 aromatic heterocycles. The van der Waals surface area contributed by atoms with Crippen molar-refractivity contribution in [3.63, 3.8) is 0 Å². The second-order valence-electron chi connectivity index (χ2n) is 5.27. The fourth-order valence-corrected chi connectivity index (χ4v) is 2.17. The van der Waals surface area contributed by atoms with E-state index in [2.05, 4.69) is 29.4 Å². The van der Waals surface area contributed by atoms with Crippen LogP contribution in [0.4, 0.5) is 0 Å². The summed E-state index contributed by atoms with van der Waals surface area (Å²) in [5.41, 5.74) is 3.35. The van der Waals surface area contributed by atoms with E-state index in [0.29, 0.717) is 0 Å². The molecule has 0 saturated heterocycles. The molecule has 2 aromatic rings. The number of aromatic nitrogens is 1. The van der Waals surface area contributed by atoms with E-state index in [9.17, 15) is 0 Å². The Morgan fingerprint density at radius 1 is 1.26 bits per heavy atom. The van der Waals surface area contributed by atoms with Gasteiger partial charge in [0.25, 0.3) is 0 Å². The zero-order chi connectivity index (χ0) is 13.8. The maximum Gasteiger partial charge on any atom is 0.0708 e. The molecular formula is C16H22N2O. The van der Waals surface area contributed by atoms with Gasteiger partial charge in [0, 0.05) is 30.3 Å². The zero-order valence-electron chi connectivity index (χ0n) is 11.9. The highest BCUT2D eigenvalue weighted by Gasteiger charge is 2.11. The molecule has 0 aliphatic heterocycles. The van der Waals surface area contributed by atoms with Crippen molar-refractivity contribution in [2.75, 3.05) is 6.61 Å². The molecule has 0 spiro atoms. The van der Waals surface area contributed by atoms with E-state index < -0.39 is 0 Å². The summed E-state index contributed by atoms with van der Waals surface area (Å²) in [5.74, 6) is 0.259. The monoisotopic (exact) mass is 258 g/mol. The van der Waals surface area contributed by atoms with E-state index >= 15 is 0 Å². The van der Waals surface area contributed by atoms with Crippen LogP contribution >= 0.6 is 0 Å². The van der Waals surface area contributed by atoms with E-state index in [4.69, 9.17) is 5.11 Å². The molecule has 0 aliphatic rings. The van der Waals surface area contributed by atoms with Crippen molar-refractivity contribution >= 4 is 10.9 Å². The zero-order valence-corrected chi connectivity index (χ0v) is 11.9. The number of pyridine rings is 1. The average Bonchev–Trinajstić information content (AvgIpc) is 2.43. The molecule has 1 heterocycles. The summed E-state index contributed by atoms with van der Waals surface area (Å²) < 4.78 is 0. The second kappa shape index (κ2) is 6.13. The Labute approximate surface area is 114 Å². The van der Waals surface area contributed by atoms with Gasteiger partial charge in [-0.05, 0) is 37.5 Å². The lowest BCUT2D eigenvalue weighted by molar-refractivity contribution is 0.207. The first-order valence-electron chi connectivity index (χ1n) is 6.81. The fourth-order valence-electron chi connectivity index (χ4n) is 2.17. The van der Waals surface area contributed by atoms with Gasteiger partial charge in [0.1, 0.15) is 0 Å².